The monoisotopic (exact) mass is 654 g/mol. The number of aromatic nitrogens is 2. The molecule has 0 saturated carbocycles. The van der Waals surface area contributed by atoms with Crippen molar-refractivity contribution in [2.45, 2.75) is 19.6 Å². The molecule has 0 spiro atoms. The van der Waals surface area contributed by atoms with Gasteiger partial charge in [-0.15, -0.1) is 0 Å². The summed E-state index contributed by atoms with van der Waals surface area (Å²) in [4.78, 5) is 0. The summed E-state index contributed by atoms with van der Waals surface area (Å²) in [5.41, 5.74) is 12.8. The Morgan fingerprint density at radius 3 is 1.96 bits per heavy atom. The summed E-state index contributed by atoms with van der Waals surface area (Å²) >= 11 is 0. The number of hydrogen-bond acceptors (Lipinski definition) is 0. The van der Waals surface area contributed by atoms with Gasteiger partial charge in [0.1, 0.15) is 0 Å². The van der Waals surface area contributed by atoms with E-state index in [0.29, 0.717) is 0 Å². The van der Waals surface area contributed by atoms with E-state index in [1.807, 2.05) is 0 Å². The maximum Gasteiger partial charge on any atom is 0.0776 e. The number of hydrogen-bond donors (Lipinski definition) is 0. The van der Waals surface area contributed by atoms with Crippen LogP contribution in [0.5, 0.6) is 0 Å². The maximum atomic E-state index is 2.52. The van der Waals surface area contributed by atoms with Crippen LogP contribution in [0.4, 0.5) is 0 Å². The lowest BCUT2D eigenvalue weighted by molar-refractivity contribution is 1.18. The van der Waals surface area contributed by atoms with Gasteiger partial charge >= 0.3 is 0 Å². The second-order valence-corrected chi connectivity index (χ2v) is 20.0. The van der Waals surface area contributed by atoms with Gasteiger partial charge in [-0.1, -0.05) is 140 Å². The van der Waals surface area contributed by atoms with E-state index in [-0.39, 0.29) is 0 Å². The number of fused-ring (bicyclic) bond motifs is 12. The van der Waals surface area contributed by atoms with Gasteiger partial charge in [0, 0.05) is 32.6 Å². The Balaban J connectivity index is 1.28. The molecule has 0 N–H and O–H groups in total. The molecule has 1 aliphatic rings. The SMILES string of the molecule is C[Si](C)(C)c1ccc2c(c1)-c1ccc(-n3c4ccccc4c4c3ccc3c5c6ccccc6ccc5n(-c5ccccc5)c34)c3cccc-2c13. The highest BCUT2D eigenvalue weighted by Crippen LogP contribution is 2.50. The third-order valence-corrected chi connectivity index (χ3v) is 13.2. The minimum absolute atomic E-state index is 1.17. The molecule has 0 saturated heterocycles. The summed E-state index contributed by atoms with van der Waals surface area (Å²) in [6.45, 7) is 7.32. The van der Waals surface area contributed by atoms with Gasteiger partial charge in [0.15, 0.2) is 0 Å². The van der Waals surface area contributed by atoms with E-state index < -0.39 is 8.07 Å². The van der Waals surface area contributed by atoms with Crippen molar-refractivity contribution in [2.24, 2.45) is 0 Å². The van der Waals surface area contributed by atoms with E-state index in [1.54, 1.807) is 0 Å². The molecule has 11 rings (SSSR count). The molecule has 0 bridgehead atoms. The topological polar surface area (TPSA) is 9.86 Å². The molecular formula is C47H34N2Si. The van der Waals surface area contributed by atoms with Crippen LogP contribution in [0.1, 0.15) is 0 Å². The second kappa shape index (κ2) is 9.84. The zero-order valence-electron chi connectivity index (χ0n) is 28.3. The van der Waals surface area contributed by atoms with Crippen LogP contribution in [0.25, 0.3) is 98.8 Å². The van der Waals surface area contributed by atoms with Crippen LogP contribution in [0, 0.1) is 0 Å². The van der Waals surface area contributed by atoms with Gasteiger partial charge in [0.05, 0.1) is 35.8 Å². The van der Waals surface area contributed by atoms with Crippen LogP contribution >= 0.6 is 0 Å². The molecule has 0 fully saturated rings. The number of benzene rings is 8. The average Bonchev–Trinajstić information content (AvgIpc) is 3.78. The van der Waals surface area contributed by atoms with Crippen LogP contribution in [0.3, 0.4) is 0 Å². The third kappa shape index (κ3) is 3.62. The van der Waals surface area contributed by atoms with Gasteiger partial charge in [-0.3, -0.25) is 0 Å². The molecule has 2 heterocycles. The van der Waals surface area contributed by atoms with E-state index in [4.69, 9.17) is 0 Å². The Morgan fingerprint density at radius 1 is 0.400 bits per heavy atom. The van der Waals surface area contributed by atoms with Crippen molar-refractivity contribution < 1.29 is 0 Å². The van der Waals surface area contributed by atoms with Gasteiger partial charge in [-0.2, -0.15) is 0 Å². The van der Waals surface area contributed by atoms with Crippen LogP contribution in [-0.4, -0.2) is 17.2 Å². The predicted octanol–water partition coefficient (Wildman–Crippen LogP) is 12.4. The van der Waals surface area contributed by atoms with Crippen molar-refractivity contribution in [3.63, 3.8) is 0 Å². The third-order valence-electron chi connectivity index (χ3n) is 11.2. The highest BCUT2D eigenvalue weighted by molar-refractivity contribution is 6.88. The molecule has 0 atom stereocenters. The zero-order chi connectivity index (χ0) is 33.3. The molecule has 0 radical (unpaired) electrons. The van der Waals surface area contributed by atoms with Gasteiger partial charge in [-0.25, -0.2) is 0 Å². The minimum Gasteiger partial charge on any atom is -0.309 e. The van der Waals surface area contributed by atoms with E-state index in [2.05, 4.69) is 180 Å². The molecule has 0 aliphatic heterocycles. The first-order valence-electron chi connectivity index (χ1n) is 17.6. The summed E-state index contributed by atoms with van der Waals surface area (Å²) in [6.07, 6.45) is 0. The standard InChI is InChI=1S/C47H34N2Si/c1-50(2,3)31-21-22-33-34-17-11-18-36-41(26-23-35(44(34)36)39(33)28-31)49-40-19-10-9-16-37(40)46-43(49)27-24-38-45-32-15-8-7-12-29(32)20-25-42(45)48(47(38)46)30-13-5-4-6-14-30/h4-28H,1-3H3. The summed E-state index contributed by atoms with van der Waals surface area (Å²) in [7, 11) is -1.46. The zero-order valence-corrected chi connectivity index (χ0v) is 29.3. The molecule has 236 valence electrons. The van der Waals surface area contributed by atoms with Crippen LogP contribution < -0.4 is 5.19 Å². The predicted molar refractivity (Wildman–Crippen MR) is 218 cm³/mol. The number of para-hydroxylation sites is 2. The molecule has 3 heteroatoms. The summed E-state index contributed by atoms with van der Waals surface area (Å²) in [5, 5.41) is 11.9. The van der Waals surface area contributed by atoms with Gasteiger partial charge in [0.2, 0.25) is 0 Å². The molecule has 1 aliphatic carbocycles. The van der Waals surface area contributed by atoms with Crippen molar-refractivity contribution in [1.82, 2.24) is 9.13 Å². The first-order valence-corrected chi connectivity index (χ1v) is 21.1. The fourth-order valence-corrected chi connectivity index (χ4v) is 10.1. The van der Waals surface area contributed by atoms with Crippen molar-refractivity contribution in [3.05, 3.63) is 152 Å². The smallest absolute Gasteiger partial charge is 0.0776 e. The van der Waals surface area contributed by atoms with Gasteiger partial charge < -0.3 is 9.13 Å². The minimum atomic E-state index is -1.46. The largest absolute Gasteiger partial charge is 0.309 e. The molecule has 2 nitrogen and oxygen atoms in total. The fraction of sp³-hybridized carbons (Fsp3) is 0.0638. The lowest BCUT2D eigenvalue weighted by Gasteiger charge is -2.18. The average molecular weight is 655 g/mol. The second-order valence-electron chi connectivity index (χ2n) is 14.9. The number of nitrogens with zero attached hydrogens (tertiary/aromatic N) is 2. The molecule has 10 aromatic rings. The van der Waals surface area contributed by atoms with E-state index in [9.17, 15) is 0 Å². The first kappa shape index (κ1) is 28.0. The highest BCUT2D eigenvalue weighted by Gasteiger charge is 2.27. The molecular weight excluding hydrogens is 621 g/mol. The summed E-state index contributed by atoms with van der Waals surface area (Å²) in [5.74, 6) is 0. The summed E-state index contributed by atoms with van der Waals surface area (Å²) < 4.78 is 5.02. The Bertz CT molecular complexity index is 3060. The molecule has 0 amide bonds. The van der Waals surface area contributed by atoms with E-state index >= 15 is 0 Å². The molecule has 0 unspecified atom stereocenters. The summed E-state index contributed by atoms with van der Waals surface area (Å²) in [6, 6.07) is 56.9. The van der Waals surface area contributed by atoms with Crippen LogP contribution in [-0.2, 0) is 0 Å². The number of rotatable bonds is 3. The molecule has 8 aromatic carbocycles. The van der Waals surface area contributed by atoms with Crippen LogP contribution in [0.2, 0.25) is 19.6 Å². The first-order chi connectivity index (χ1) is 24.5. The van der Waals surface area contributed by atoms with E-state index in [0.717, 1.165) is 0 Å². The lowest BCUT2D eigenvalue weighted by atomic mass is 10.0. The van der Waals surface area contributed by atoms with Gasteiger partial charge in [0.25, 0.3) is 0 Å². The highest BCUT2D eigenvalue weighted by atomic mass is 28.3. The van der Waals surface area contributed by atoms with E-state index in [1.165, 1.54) is 104 Å². The molecule has 2 aromatic heterocycles. The Labute approximate surface area is 291 Å². The van der Waals surface area contributed by atoms with Gasteiger partial charge in [-0.05, 0) is 74.8 Å². The Kier molecular flexibility index (Phi) is 5.51. The van der Waals surface area contributed by atoms with Crippen molar-refractivity contribution >= 4 is 78.4 Å². The van der Waals surface area contributed by atoms with Crippen molar-refractivity contribution in [2.75, 3.05) is 0 Å². The Morgan fingerprint density at radius 2 is 1.10 bits per heavy atom. The van der Waals surface area contributed by atoms with Crippen molar-refractivity contribution in [3.8, 4) is 33.6 Å². The Hall–Kier alpha value is -5.90. The fourth-order valence-electron chi connectivity index (χ4n) is 8.93. The van der Waals surface area contributed by atoms with Crippen LogP contribution in [0.15, 0.2) is 152 Å². The normalized spacial score (nSPS) is 12.7. The maximum absolute atomic E-state index is 2.52. The molecule has 50 heavy (non-hydrogen) atoms. The quantitative estimate of drug-likeness (QED) is 0.168. The van der Waals surface area contributed by atoms with Crippen molar-refractivity contribution in [1.29, 1.82) is 0 Å². The lowest BCUT2D eigenvalue weighted by Crippen LogP contribution is -2.37.